The monoisotopic (exact) mass is 538 g/mol. The molecule has 1 saturated heterocycles. The Bertz CT molecular complexity index is 868. The summed E-state index contributed by atoms with van der Waals surface area (Å²) in [5.41, 5.74) is 3.67. The number of aliphatic imine (C=N–C) groups is 1. The van der Waals surface area contributed by atoms with Crippen molar-refractivity contribution >= 4 is 29.9 Å². The fourth-order valence-electron chi connectivity index (χ4n) is 3.85. The van der Waals surface area contributed by atoms with Crippen molar-refractivity contribution in [1.29, 1.82) is 0 Å². The number of hydrogen-bond acceptors (Lipinski definition) is 5. The van der Waals surface area contributed by atoms with E-state index in [1.54, 1.807) is 7.11 Å². The second-order valence-electron chi connectivity index (χ2n) is 7.60. The lowest BCUT2D eigenvalue weighted by Crippen LogP contribution is -2.52. The SMILES string of the molecule is CN=C(NCc1ccc(COC)cc1)N1CCN(Cc2ccc3c(c2)OCO3)CC1.I. The number of nitrogens with one attached hydrogen (secondary N) is 1. The zero-order valence-corrected chi connectivity index (χ0v) is 20.5. The Labute approximate surface area is 201 Å². The number of methoxy groups -OCH3 is 1. The summed E-state index contributed by atoms with van der Waals surface area (Å²) in [6, 6.07) is 14.7. The molecule has 2 heterocycles. The van der Waals surface area contributed by atoms with Gasteiger partial charge in [-0.2, -0.15) is 0 Å². The van der Waals surface area contributed by atoms with Crippen molar-refractivity contribution in [2.75, 3.05) is 47.1 Å². The van der Waals surface area contributed by atoms with Crippen LogP contribution in [0.5, 0.6) is 11.5 Å². The van der Waals surface area contributed by atoms with Gasteiger partial charge in [0.1, 0.15) is 0 Å². The minimum absolute atomic E-state index is 0. The number of rotatable bonds is 6. The number of ether oxygens (including phenoxy) is 3. The van der Waals surface area contributed by atoms with Crippen molar-refractivity contribution in [1.82, 2.24) is 15.1 Å². The zero-order valence-electron chi connectivity index (χ0n) is 18.2. The Morgan fingerprint density at radius 3 is 2.35 bits per heavy atom. The minimum atomic E-state index is 0. The van der Waals surface area contributed by atoms with Crippen LogP contribution >= 0.6 is 24.0 Å². The van der Waals surface area contributed by atoms with Gasteiger partial charge in [-0.15, -0.1) is 24.0 Å². The van der Waals surface area contributed by atoms with Crippen molar-refractivity contribution < 1.29 is 14.2 Å². The topological polar surface area (TPSA) is 58.6 Å². The molecule has 2 aromatic carbocycles. The van der Waals surface area contributed by atoms with E-state index in [0.717, 1.165) is 56.7 Å². The van der Waals surface area contributed by atoms with Gasteiger partial charge in [0.25, 0.3) is 0 Å². The molecule has 1 N–H and O–H groups in total. The predicted molar refractivity (Wildman–Crippen MR) is 132 cm³/mol. The highest BCUT2D eigenvalue weighted by atomic mass is 127. The van der Waals surface area contributed by atoms with E-state index in [9.17, 15) is 0 Å². The summed E-state index contributed by atoms with van der Waals surface area (Å²) in [5.74, 6) is 2.65. The van der Waals surface area contributed by atoms with Gasteiger partial charge in [0.2, 0.25) is 6.79 Å². The average Bonchev–Trinajstić information content (AvgIpc) is 3.24. The molecule has 2 aromatic rings. The van der Waals surface area contributed by atoms with Crippen LogP contribution in [0, 0.1) is 0 Å². The summed E-state index contributed by atoms with van der Waals surface area (Å²) in [4.78, 5) is 9.28. The van der Waals surface area contributed by atoms with E-state index < -0.39 is 0 Å². The van der Waals surface area contributed by atoms with Crippen molar-refractivity contribution in [2.45, 2.75) is 19.7 Å². The molecule has 0 amide bonds. The molecule has 0 spiro atoms. The molecule has 0 saturated carbocycles. The summed E-state index contributed by atoms with van der Waals surface area (Å²) in [6.45, 7) is 6.56. The van der Waals surface area contributed by atoms with Gasteiger partial charge in [-0.05, 0) is 28.8 Å². The molecule has 0 atom stereocenters. The first kappa shape index (κ1) is 23.6. The Morgan fingerprint density at radius 2 is 1.65 bits per heavy atom. The fraction of sp³-hybridized carbons (Fsp3) is 0.435. The molecule has 0 aromatic heterocycles. The van der Waals surface area contributed by atoms with E-state index >= 15 is 0 Å². The molecule has 0 radical (unpaired) electrons. The second kappa shape index (κ2) is 11.5. The van der Waals surface area contributed by atoms with Crippen LogP contribution in [0.2, 0.25) is 0 Å². The Morgan fingerprint density at radius 1 is 0.968 bits per heavy atom. The number of benzene rings is 2. The predicted octanol–water partition coefficient (Wildman–Crippen LogP) is 3.07. The summed E-state index contributed by atoms with van der Waals surface area (Å²) in [5, 5.41) is 3.50. The molecule has 1 fully saturated rings. The second-order valence-corrected chi connectivity index (χ2v) is 7.60. The summed E-state index contributed by atoms with van der Waals surface area (Å²) < 4.78 is 16.1. The van der Waals surface area contributed by atoms with Crippen LogP contribution in [0.15, 0.2) is 47.5 Å². The van der Waals surface area contributed by atoms with Crippen LogP contribution in [0.1, 0.15) is 16.7 Å². The number of piperazine rings is 1. The molecule has 2 aliphatic heterocycles. The maximum atomic E-state index is 5.49. The van der Waals surface area contributed by atoms with Crippen LogP contribution < -0.4 is 14.8 Å². The number of halogens is 1. The Hall–Kier alpha value is -2.04. The first-order chi connectivity index (χ1) is 14.7. The van der Waals surface area contributed by atoms with Crippen LogP contribution in [0.25, 0.3) is 0 Å². The standard InChI is InChI=1S/C23H30N4O3.HI/c1-24-23(25-14-18-3-5-19(6-4-18)16-28-2)27-11-9-26(10-12-27)15-20-7-8-21-22(13-20)30-17-29-21;/h3-8,13H,9-12,14-17H2,1-2H3,(H,24,25);1H. The lowest BCUT2D eigenvalue weighted by atomic mass is 10.1. The Balaban J connectivity index is 0.00000272. The largest absolute Gasteiger partial charge is 0.454 e. The molecule has 0 aliphatic carbocycles. The average molecular weight is 538 g/mol. The van der Waals surface area contributed by atoms with Gasteiger partial charge in [0, 0.05) is 53.4 Å². The van der Waals surface area contributed by atoms with E-state index in [1.807, 2.05) is 13.1 Å². The zero-order chi connectivity index (χ0) is 20.8. The van der Waals surface area contributed by atoms with Crippen LogP contribution in [0.3, 0.4) is 0 Å². The first-order valence-corrected chi connectivity index (χ1v) is 10.4. The van der Waals surface area contributed by atoms with Crippen LogP contribution in [0.4, 0.5) is 0 Å². The maximum absolute atomic E-state index is 5.49. The fourth-order valence-corrected chi connectivity index (χ4v) is 3.85. The summed E-state index contributed by atoms with van der Waals surface area (Å²) in [7, 11) is 3.57. The molecular formula is C23H31IN4O3. The minimum Gasteiger partial charge on any atom is -0.454 e. The van der Waals surface area contributed by atoms with Gasteiger partial charge < -0.3 is 24.4 Å². The summed E-state index contributed by atoms with van der Waals surface area (Å²) >= 11 is 0. The van der Waals surface area contributed by atoms with E-state index in [0.29, 0.717) is 13.4 Å². The smallest absolute Gasteiger partial charge is 0.231 e. The molecular weight excluding hydrogens is 507 g/mol. The van der Waals surface area contributed by atoms with Crippen LogP contribution in [-0.4, -0.2) is 62.9 Å². The van der Waals surface area contributed by atoms with E-state index in [1.165, 1.54) is 16.7 Å². The highest BCUT2D eigenvalue weighted by Crippen LogP contribution is 2.32. The molecule has 168 valence electrons. The van der Waals surface area contributed by atoms with Gasteiger partial charge in [-0.25, -0.2) is 0 Å². The van der Waals surface area contributed by atoms with Crippen molar-refractivity contribution in [2.24, 2.45) is 4.99 Å². The maximum Gasteiger partial charge on any atom is 0.231 e. The Kier molecular flexibility index (Phi) is 8.79. The molecule has 7 nitrogen and oxygen atoms in total. The molecule has 4 rings (SSSR count). The first-order valence-electron chi connectivity index (χ1n) is 10.4. The number of fused-ring (bicyclic) bond motifs is 1. The summed E-state index contributed by atoms with van der Waals surface area (Å²) in [6.07, 6.45) is 0. The van der Waals surface area contributed by atoms with Crippen molar-refractivity contribution in [3.63, 3.8) is 0 Å². The third-order valence-electron chi connectivity index (χ3n) is 5.51. The highest BCUT2D eigenvalue weighted by Gasteiger charge is 2.20. The van der Waals surface area contributed by atoms with E-state index in [-0.39, 0.29) is 24.0 Å². The van der Waals surface area contributed by atoms with Gasteiger partial charge in [-0.3, -0.25) is 9.89 Å². The molecule has 2 aliphatic rings. The van der Waals surface area contributed by atoms with Gasteiger partial charge in [0.15, 0.2) is 17.5 Å². The third-order valence-corrected chi connectivity index (χ3v) is 5.51. The lowest BCUT2D eigenvalue weighted by molar-refractivity contribution is 0.171. The quantitative estimate of drug-likeness (QED) is 0.347. The van der Waals surface area contributed by atoms with E-state index in [2.05, 4.69) is 56.5 Å². The van der Waals surface area contributed by atoms with Gasteiger partial charge in [0.05, 0.1) is 6.61 Å². The molecule has 31 heavy (non-hydrogen) atoms. The van der Waals surface area contributed by atoms with Crippen molar-refractivity contribution in [3.05, 3.63) is 59.2 Å². The van der Waals surface area contributed by atoms with Gasteiger partial charge >= 0.3 is 0 Å². The highest BCUT2D eigenvalue weighted by molar-refractivity contribution is 14.0. The van der Waals surface area contributed by atoms with Gasteiger partial charge in [-0.1, -0.05) is 30.3 Å². The van der Waals surface area contributed by atoms with E-state index in [4.69, 9.17) is 14.2 Å². The molecule has 8 heteroatoms. The van der Waals surface area contributed by atoms with Crippen molar-refractivity contribution in [3.8, 4) is 11.5 Å². The third kappa shape index (κ3) is 6.24. The normalized spacial score (nSPS) is 16.2. The number of hydrogen-bond donors (Lipinski definition) is 1. The number of guanidine groups is 1. The molecule has 0 unspecified atom stereocenters. The van der Waals surface area contributed by atoms with Crippen LogP contribution in [-0.2, 0) is 24.4 Å². The lowest BCUT2D eigenvalue weighted by Gasteiger charge is -2.36. The molecule has 0 bridgehead atoms. The number of nitrogens with zero attached hydrogens (tertiary/aromatic N) is 3.